The van der Waals surface area contributed by atoms with Crippen LogP contribution in [0.5, 0.6) is 0 Å². The van der Waals surface area contributed by atoms with Gasteiger partial charge in [-0.15, -0.1) is 0 Å². The van der Waals surface area contributed by atoms with E-state index < -0.39 is 0 Å². The van der Waals surface area contributed by atoms with Crippen molar-refractivity contribution >= 4 is 23.2 Å². The molecule has 2 nitrogen and oxygen atoms in total. The fourth-order valence-corrected chi connectivity index (χ4v) is 2.70. The number of nitrogens with one attached hydrogen (secondary N) is 1. The van der Waals surface area contributed by atoms with Crippen LogP contribution in [-0.2, 0) is 4.79 Å². The molecule has 2 atom stereocenters. The summed E-state index contributed by atoms with van der Waals surface area (Å²) in [6.45, 7) is 1.92. The number of carbonyl (C=O) groups excluding carboxylic acids is 1. The predicted molar refractivity (Wildman–Crippen MR) is 82.1 cm³/mol. The van der Waals surface area contributed by atoms with E-state index in [0.29, 0.717) is 10.9 Å². The van der Waals surface area contributed by atoms with Crippen LogP contribution >= 0.6 is 11.6 Å². The molecule has 3 rings (SSSR count). The summed E-state index contributed by atoms with van der Waals surface area (Å²) in [5.74, 6) is 0.524. The molecule has 0 heterocycles. The molecule has 1 amide bonds. The van der Waals surface area contributed by atoms with Crippen molar-refractivity contribution in [1.29, 1.82) is 0 Å². The first-order chi connectivity index (χ1) is 9.66. The van der Waals surface area contributed by atoms with Crippen LogP contribution in [0.3, 0.4) is 0 Å². The van der Waals surface area contributed by atoms with Gasteiger partial charge in [-0.1, -0.05) is 48.0 Å². The summed E-state index contributed by atoms with van der Waals surface area (Å²) in [5.41, 5.74) is 2.97. The van der Waals surface area contributed by atoms with Crippen molar-refractivity contribution in [3.8, 4) is 0 Å². The Bertz CT molecular complexity index is 639. The molecule has 2 aromatic rings. The van der Waals surface area contributed by atoms with Gasteiger partial charge in [-0.25, -0.2) is 0 Å². The van der Waals surface area contributed by atoms with Crippen LogP contribution < -0.4 is 5.32 Å². The predicted octanol–water partition coefficient (Wildman–Crippen LogP) is 4.39. The molecule has 1 aliphatic rings. The van der Waals surface area contributed by atoms with E-state index in [4.69, 9.17) is 11.6 Å². The minimum Gasteiger partial charge on any atom is -0.326 e. The first kappa shape index (κ1) is 13.2. The standard InChI is InChI=1S/C17H16ClNO/c1-11-15(18)8-5-9-16(11)19-17(20)14-10-13(14)12-6-3-2-4-7-12/h2-9,13-14H,10H2,1H3,(H,19,20). The molecule has 1 fully saturated rings. The van der Waals surface area contributed by atoms with Crippen molar-refractivity contribution < 1.29 is 4.79 Å². The Morgan fingerprint density at radius 2 is 1.90 bits per heavy atom. The van der Waals surface area contributed by atoms with Crippen LogP contribution in [0.15, 0.2) is 48.5 Å². The molecule has 0 bridgehead atoms. The number of rotatable bonds is 3. The summed E-state index contributed by atoms with van der Waals surface area (Å²) < 4.78 is 0. The molecule has 0 aliphatic heterocycles. The van der Waals surface area contributed by atoms with Gasteiger partial charge in [-0.3, -0.25) is 4.79 Å². The first-order valence-electron chi connectivity index (χ1n) is 6.77. The third-order valence-electron chi connectivity index (χ3n) is 3.88. The van der Waals surface area contributed by atoms with Crippen molar-refractivity contribution in [1.82, 2.24) is 0 Å². The average Bonchev–Trinajstić information content (AvgIpc) is 3.25. The monoisotopic (exact) mass is 285 g/mol. The van der Waals surface area contributed by atoms with Crippen molar-refractivity contribution in [2.75, 3.05) is 5.32 Å². The Morgan fingerprint density at radius 3 is 2.65 bits per heavy atom. The van der Waals surface area contributed by atoms with Gasteiger partial charge < -0.3 is 5.32 Å². The van der Waals surface area contributed by atoms with E-state index in [1.54, 1.807) is 0 Å². The zero-order valence-electron chi connectivity index (χ0n) is 11.3. The van der Waals surface area contributed by atoms with Gasteiger partial charge in [-0.2, -0.15) is 0 Å². The van der Waals surface area contributed by atoms with Crippen LogP contribution in [-0.4, -0.2) is 5.91 Å². The van der Waals surface area contributed by atoms with Gasteiger partial charge in [0.15, 0.2) is 0 Å². The molecule has 102 valence electrons. The molecule has 0 aromatic heterocycles. The third kappa shape index (κ3) is 2.56. The number of amides is 1. The Kier molecular flexibility index (Phi) is 3.49. The SMILES string of the molecule is Cc1c(Cl)cccc1NC(=O)C1CC1c1ccccc1. The maximum atomic E-state index is 12.3. The Balaban J connectivity index is 1.69. The smallest absolute Gasteiger partial charge is 0.228 e. The van der Waals surface area contributed by atoms with E-state index in [0.717, 1.165) is 17.7 Å². The van der Waals surface area contributed by atoms with Gasteiger partial charge in [0.05, 0.1) is 0 Å². The first-order valence-corrected chi connectivity index (χ1v) is 7.15. The van der Waals surface area contributed by atoms with Gasteiger partial charge in [0, 0.05) is 16.6 Å². The Morgan fingerprint density at radius 1 is 1.15 bits per heavy atom. The highest BCUT2D eigenvalue weighted by atomic mass is 35.5. The summed E-state index contributed by atoms with van der Waals surface area (Å²) in [6.07, 6.45) is 0.926. The minimum atomic E-state index is 0.0794. The molecule has 0 saturated heterocycles. The van der Waals surface area contributed by atoms with Crippen molar-refractivity contribution in [2.45, 2.75) is 19.3 Å². The largest absolute Gasteiger partial charge is 0.326 e. The van der Waals surface area contributed by atoms with Gasteiger partial charge >= 0.3 is 0 Å². The molecule has 0 radical (unpaired) electrons. The molecule has 1 N–H and O–H groups in total. The number of hydrogen-bond acceptors (Lipinski definition) is 1. The number of hydrogen-bond donors (Lipinski definition) is 1. The summed E-state index contributed by atoms with van der Waals surface area (Å²) in [6, 6.07) is 15.8. The van der Waals surface area contributed by atoms with E-state index in [1.165, 1.54) is 5.56 Å². The summed E-state index contributed by atoms with van der Waals surface area (Å²) >= 11 is 6.07. The number of anilines is 1. The van der Waals surface area contributed by atoms with Crippen molar-refractivity contribution in [2.24, 2.45) is 5.92 Å². The molecule has 1 saturated carbocycles. The lowest BCUT2D eigenvalue weighted by Crippen LogP contribution is -2.15. The van der Waals surface area contributed by atoms with Gasteiger partial charge in [-0.05, 0) is 42.5 Å². The van der Waals surface area contributed by atoms with Crippen LogP contribution in [0.25, 0.3) is 0 Å². The second-order valence-electron chi connectivity index (χ2n) is 5.26. The minimum absolute atomic E-state index is 0.0794. The van der Waals surface area contributed by atoms with Crippen molar-refractivity contribution in [3.63, 3.8) is 0 Å². The highest BCUT2D eigenvalue weighted by Crippen LogP contribution is 2.48. The second kappa shape index (κ2) is 5.29. The topological polar surface area (TPSA) is 29.1 Å². The lowest BCUT2D eigenvalue weighted by molar-refractivity contribution is -0.117. The lowest BCUT2D eigenvalue weighted by Gasteiger charge is -2.09. The van der Waals surface area contributed by atoms with E-state index >= 15 is 0 Å². The Hall–Kier alpha value is -1.80. The molecular weight excluding hydrogens is 270 g/mol. The summed E-state index contributed by atoms with van der Waals surface area (Å²) in [5, 5.41) is 3.67. The van der Waals surface area contributed by atoms with E-state index in [-0.39, 0.29) is 11.8 Å². The highest BCUT2D eigenvalue weighted by Gasteiger charge is 2.43. The molecule has 2 aromatic carbocycles. The zero-order chi connectivity index (χ0) is 14.1. The van der Waals surface area contributed by atoms with Crippen molar-refractivity contribution in [3.05, 3.63) is 64.7 Å². The molecule has 20 heavy (non-hydrogen) atoms. The second-order valence-corrected chi connectivity index (χ2v) is 5.67. The molecule has 1 aliphatic carbocycles. The third-order valence-corrected chi connectivity index (χ3v) is 4.29. The van der Waals surface area contributed by atoms with Gasteiger partial charge in [0.25, 0.3) is 0 Å². The maximum absolute atomic E-state index is 12.3. The number of benzene rings is 2. The van der Waals surface area contributed by atoms with Gasteiger partial charge in [0.1, 0.15) is 0 Å². The molecule has 0 spiro atoms. The van der Waals surface area contributed by atoms with Crippen LogP contribution in [0.1, 0.15) is 23.5 Å². The highest BCUT2D eigenvalue weighted by molar-refractivity contribution is 6.31. The van der Waals surface area contributed by atoms with E-state index in [1.807, 2.05) is 43.3 Å². The summed E-state index contributed by atoms with van der Waals surface area (Å²) in [4.78, 5) is 12.3. The number of halogens is 1. The van der Waals surface area contributed by atoms with Crippen LogP contribution in [0.2, 0.25) is 5.02 Å². The molecule has 3 heteroatoms. The summed E-state index contributed by atoms with van der Waals surface area (Å²) in [7, 11) is 0. The Labute approximate surface area is 123 Å². The fourth-order valence-electron chi connectivity index (χ4n) is 2.52. The lowest BCUT2D eigenvalue weighted by atomic mass is 10.1. The zero-order valence-corrected chi connectivity index (χ0v) is 12.0. The number of carbonyl (C=O) groups is 1. The molecule has 2 unspecified atom stereocenters. The van der Waals surface area contributed by atoms with E-state index in [9.17, 15) is 4.79 Å². The van der Waals surface area contributed by atoms with Crippen LogP contribution in [0, 0.1) is 12.8 Å². The normalized spacial score (nSPS) is 20.5. The van der Waals surface area contributed by atoms with Crippen LogP contribution in [0.4, 0.5) is 5.69 Å². The maximum Gasteiger partial charge on any atom is 0.228 e. The molecular formula is C17H16ClNO. The van der Waals surface area contributed by atoms with E-state index in [2.05, 4.69) is 17.4 Å². The quantitative estimate of drug-likeness (QED) is 0.890. The fraction of sp³-hybridized carbons (Fsp3) is 0.235. The average molecular weight is 286 g/mol. The van der Waals surface area contributed by atoms with Gasteiger partial charge in [0.2, 0.25) is 5.91 Å².